The normalized spacial score (nSPS) is 10.5. The molecule has 0 aliphatic carbocycles. The highest BCUT2D eigenvalue weighted by Crippen LogP contribution is 2.32. The molecule has 0 saturated heterocycles. The van der Waals surface area contributed by atoms with Crippen molar-refractivity contribution in [3.63, 3.8) is 0 Å². The van der Waals surface area contributed by atoms with Crippen LogP contribution < -0.4 is 11.1 Å². The maximum absolute atomic E-state index is 11.9. The number of carbonyl (C=O) groups excluding carboxylic acids is 1. The zero-order valence-corrected chi connectivity index (χ0v) is 15.4. The largest absolute Gasteiger partial charge is 0.349 e. The molecule has 2 rings (SSSR count). The zero-order chi connectivity index (χ0) is 14.0. The second-order valence-electron chi connectivity index (χ2n) is 4.81. The summed E-state index contributed by atoms with van der Waals surface area (Å²) >= 11 is 8.75. The highest BCUT2D eigenvalue weighted by molar-refractivity contribution is 7.23. The van der Waals surface area contributed by atoms with Gasteiger partial charge >= 0.3 is 0 Å². The van der Waals surface area contributed by atoms with Crippen LogP contribution in [0.1, 0.15) is 24.3 Å². The maximum Gasteiger partial charge on any atom is 0.270 e. The van der Waals surface area contributed by atoms with E-state index >= 15 is 0 Å². The number of hydrogen-bond acceptors (Lipinski definition) is 5. The summed E-state index contributed by atoms with van der Waals surface area (Å²) < 4.78 is 0.709. The van der Waals surface area contributed by atoms with E-state index in [1.54, 1.807) is 5.38 Å². The number of hydrogen-bond donors (Lipinski definition) is 2. The zero-order valence-electron chi connectivity index (χ0n) is 11.4. The molecule has 2 aromatic heterocycles. The van der Waals surface area contributed by atoms with E-state index in [9.17, 15) is 4.79 Å². The average Bonchev–Trinajstić information content (AvgIpc) is 2.93. The van der Waals surface area contributed by atoms with Gasteiger partial charge in [-0.1, -0.05) is 11.6 Å². The van der Waals surface area contributed by atoms with Gasteiger partial charge in [-0.15, -0.1) is 47.5 Å². The van der Waals surface area contributed by atoms with Gasteiger partial charge < -0.3 is 11.1 Å². The highest BCUT2D eigenvalue weighted by Gasteiger charge is 2.16. The Balaban J connectivity index is 0.00000200. The Labute approximate surface area is 148 Å². The predicted octanol–water partition coefficient (Wildman–Crippen LogP) is 3.84. The topological polar surface area (TPSA) is 68.0 Å². The van der Waals surface area contributed by atoms with Crippen molar-refractivity contribution in [2.24, 2.45) is 5.73 Å². The van der Waals surface area contributed by atoms with Crippen LogP contribution in [-0.4, -0.2) is 23.0 Å². The molecule has 1 amide bonds. The van der Waals surface area contributed by atoms with Gasteiger partial charge in [0.2, 0.25) is 0 Å². The van der Waals surface area contributed by atoms with Crippen LogP contribution >= 0.6 is 59.1 Å². The van der Waals surface area contributed by atoms with Gasteiger partial charge in [0.05, 0.1) is 9.21 Å². The molecule has 0 fully saturated rings. The van der Waals surface area contributed by atoms with E-state index in [-0.39, 0.29) is 30.7 Å². The number of nitrogens with one attached hydrogen (secondary N) is 1. The SMILES string of the molecule is CC(C)(N)CNC(=O)c1csc(-c2ccc(Cl)s2)n1.Cl.Cl. The van der Waals surface area contributed by atoms with Gasteiger partial charge in [-0.3, -0.25) is 4.79 Å². The van der Waals surface area contributed by atoms with Crippen LogP contribution in [0.15, 0.2) is 17.5 Å². The molecule has 9 heteroatoms. The molecule has 0 unspecified atom stereocenters. The monoisotopic (exact) mass is 387 g/mol. The minimum Gasteiger partial charge on any atom is -0.349 e. The lowest BCUT2D eigenvalue weighted by Gasteiger charge is -2.18. The number of rotatable bonds is 4. The van der Waals surface area contributed by atoms with E-state index in [2.05, 4.69) is 10.3 Å². The summed E-state index contributed by atoms with van der Waals surface area (Å²) in [6, 6.07) is 3.72. The molecule has 0 aliphatic heterocycles. The van der Waals surface area contributed by atoms with Crippen molar-refractivity contribution in [3.05, 3.63) is 27.5 Å². The third-order valence-corrected chi connectivity index (χ3v) is 4.47. The van der Waals surface area contributed by atoms with Gasteiger partial charge in [-0.25, -0.2) is 4.98 Å². The van der Waals surface area contributed by atoms with E-state index in [4.69, 9.17) is 17.3 Å². The van der Waals surface area contributed by atoms with E-state index < -0.39 is 5.54 Å². The summed E-state index contributed by atoms with van der Waals surface area (Å²) in [5.74, 6) is -0.205. The number of nitrogens with two attached hydrogens (primary N) is 1. The minimum atomic E-state index is -0.435. The first-order valence-electron chi connectivity index (χ1n) is 5.63. The van der Waals surface area contributed by atoms with Gasteiger partial charge in [0.15, 0.2) is 0 Å². The fraction of sp³-hybridized carbons (Fsp3) is 0.333. The molecular formula is C12H16Cl3N3OS2. The summed E-state index contributed by atoms with van der Waals surface area (Å²) in [7, 11) is 0. The summed E-state index contributed by atoms with van der Waals surface area (Å²) in [4.78, 5) is 17.2. The molecule has 0 spiro atoms. The van der Waals surface area contributed by atoms with Crippen LogP contribution in [0.2, 0.25) is 4.34 Å². The van der Waals surface area contributed by atoms with Crippen LogP contribution in [0, 0.1) is 0 Å². The summed E-state index contributed by atoms with van der Waals surface area (Å²) in [6.45, 7) is 4.12. The number of thiophene rings is 1. The molecule has 2 aromatic rings. The second-order valence-corrected chi connectivity index (χ2v) is 7.39. The molecule has 118 valence electrons. The Morgan fingerprint density at radius 2 is 2.10 bits per heavy atom. The number of amides is 1. The first kappa shape index (κ1) is 20.6. The molecular weight excluding hydrogens is 373 g/mol. The lowest BCUT2D eigenvalue weighted by molar-refractivity contribution is 0.0942. The Morgan fingerprint density at radius 1 is 1.43 bits per heavy atom. The molecule has 0 aliphatic rings. The number of carbonyl (C=O) groups is 1. The molecule has 21 heavy (non-hydrogen) atoms. The summed E-state index contributed by atoms with van der Waals surface area (Å²) in [5, 5.41) is 5.30. The van der Waals surface area contributed by atoms with Crippen LogP contribution in [-0.2, 0) is 0 Å². The lowest BCUT2D eigenvalue weighted by atomic mass is 10.1. The van der Waals surface area contributed by atoms with Gasteiger partial charge in [0.1, 0.15) is 10.7 Å². The third-order valence-electron chi connectivity index (χ3n) is 2.23. The van der Waals surface area contributed by atoms with E-state index in [1.807, 2.05) is 26.0 Å². The third kappa shape index (κ3) is 6.10. The highest BCUT2D eigenvalue weighted by atomic mass is 35.5. The van der Waals surface area contributed by atoms with Gasteiger partial charge in [0.25, 0.3) is 5.91 Å². The van der Waals surface area contributed by atoms with Gasteiger partial charge in [-0.05, 0) is 26.0 Å². The van der Waals surface area contributed by atoms with Crippen molar-refractivity contribution in [1.29, 1.82) is 0 Å². The van der Waals surface area contributed by atoms with Crippen LogP contribution in [0.25, 0.3) is 9.88 Å². The first-order chi connectivity index (χ1) is 8.85. The molecule has 0 atom stereocenters. The number of nitrogens with zero attached hydrogens (tertiary/aromatic N) is 1. The molecule has 0 aromatic carbocycles. The van der Waals surface area contributed by atoms with Crippen molar-refractivity contribution in [2.75, 3.05) is 6.54 Å². The molecule has 3 N–H and O–H groups in total. The molecule has 4 nitrogen and oxygen atoms in total. The predicted molar refractivity (Wildman–Crippen MR) is 95.5 cm³/mol. The van der Waals surface area contributed by atoms with Crippen molar-refractivity contribution in [3.8, 4) is 9.88 Å². The van der Waals surface area contributed by atoms with Gasteiger partial charge in [-0.2, -0.15) is 0 Å². The Bertz CT molecular complexity index is 593. The minimum absolute atomic E-state index is 0. The first-order valence-corrected chi connectivity index (χ1v) is 7.71. The summed E-state index contributed by atoms with van der Waals surface area (Å²) in [5.41, 5.74) is 5.79. The van der Waals surface area contributed by atoms with Crippen LogP contribution in [0.4, 0.5) is 0 Å². The van der Waals surface area contributed by atoms with E-state index in [0.717, 1.165) is 9.88 Å². The number of halogens is 3. The average molecular weight is 389 g/mol. The van der Waals surface area contributed by atoms with Crippen molar-refractivity contribution < 1.29 is 4.79 Å². The van der Waals surface area contributed by atoms with E-state index in [0.29, 0.717) is 16.6 Å². The van der Waals surface area contributed by atoms with Crippen molar-refractivity contribution in [1.82, 2.24) is 10.3 Å². The Kier molecular flexibility index (Phi) is 8.17. The quantitative estimate of drug-likeness (QED) is 0.836. The second kappa shape index (κ2) is 8.31. The smallest absolute Gasteiger partial charge is 0.270 e. The standard InChI is InChI=1S/C12H14ClN3OS2.2ClH/c1-12(2,14)6-15-10(17)7-5-18-11(16-7)8-3-4-9(13)19-8;;/h3-5H,6,14H2,1-2H3,(H,15,17);2*1H. The molecule has 2 heterocycles. The van der Waals surface area contributed by atoms with Crippen LogP contribution in [0.5, 0.6) is 0 Å². The number of thiazole rings is 1. The fourth-order valence-corrected chi connectivity index (χ4v) is 3.23. The summed E-state index contributed by atoms with van der Waals surface area (Å²) in [6.07, 6.45) is 0. The Morgan fingerprint density at radius 3 is 2.62 bits per heavy atom. The number of aromatic nitrogens is 1. The van der Waals surface area contributed by atoms with Crippen molar-refractivity contribution in [2.45, 2.75) is 19.4 Å². The van der Waals surface area contributed by atoms with E-state index in [1.165, 1.54) is 22.7 Å². The Hall–Kier alpha value is -0.370. The van der Waals surface area contributed by atoms with Crippen molar-refractivity contribution >= 4 is 65.0 Å². The molecule has 0 bridgehead atoms. The molecule has 0 saturated carbocycles. The molecule has 0 radical (unpaired) electrons. The van der Waals surface area contributed by atoms with Crippen LogP contribution in [0.3, 0.4) is 0 Å². The van der Waals surface area contributed by atoms with Gasteiger partial charge in [0, 0.05) is 17.5 Å². The fourth-order valence-electron chi connectivity index (χ4n) is 1.32. The lowest BCUT2D eigenvalue weighted by Crippen LogP contribution is -2.45. The maximum atomic E-state index is 11.9.